The van der Waals surface area contributed by atoms with E-state index in [9.17, 15) is 4.39 Å². The van der Waals surface area contributed by atoms with Gasteiger partial charge in [0, 0.05) is 46.8 Å². The Labute approximate surface area is 144 Å². The average molecular weight is 336 g/mol. The number of benzene rings is 1. The van der Waals surface area contributed by atoms with Crippen LogP contribution in [0.4, 0.5) is 10.1 Å². The first kappa shape index (κ1) is 18.5. The number of ether oxygens (including phenoxy) is 1. The molecule has 1 unspecified atom stereocenters. The Kier molecular flexibility index (Phi) is 6.85. The van der Waals surface area contributed by atoms with Crippen LogP contribution < -0.4 is 10.2 Å². The molecule has 1 atom stereocenters. The fourth-order valence-corrected chi connectivity index (χ4v) is 2.85. The standard InChI is InChI=1S/C18H29FN4O/c1-5-20-18(23(4)12-15-8-9-24-13-15)21-11-14-6-7-17(22(2)3)16(19)10-14/h6-7,10,15H,5,8-9,11-13H2,1-4H3,(H,20,21). The number of hydrogen-bond acceptors (Lipinski definition) is 3. The van der Waals surface area contributed by atoms with Crippen molar-refractivity contribution in [3.05, 3.63) is 29.6 Å². The first-order valence-electron chi connectivity index (χ1n) is 8.54. The van der Waals surface area contributed by atoms with Crippen molar-refractivity contribution >= 4 is 11.6 Å². The van der Waals surface area contributed by atoms with Gasteiger partial charge in [0.05, 0.1) is 18.8 Å². The fourth-order valence-electron chi connectivity index (χ4n) is 2.85. The van der Waals surface area contributed by atoms with Gasteiger partial charge >= 0.3 is 0 Å². The van der Waals surface area contributed by atoms with Crippen LogP contribution >= 0.6 is 0 Å². The molecule has 6 heteroatoms. The van der Waals surface area contributed by atoms with Gasteiger partial charge in [0.15, 0.2) is 5.96 Å². The first-order valence-corrected chi connectivity index (χ1v) is 8.54. The summed E-state index contributed by atoms with van der Waals surface area (Å²) in [6.07, 6.45) is 1.10. The van der Waals surface area contributed by atoms with Crippen molar-refractivity contribution in [1.82, 2.24) is 10.2 Å². The second kappa shape index (κ2) is 8.87. The van der Waals surface area contributed by atoms with Crippen LogP contribution in [0.15, 0.2) is 23.2 Å². The summed E-state index contributed by atoms with van der Waals surface area (Å²) in [6.45, 7) is 5.90. The van der Waals surface area contributed by atoms with Crippen LogP contribution in [0.5, 0.6) is 0 Å². The van der Waals surface area contributed by atoms with Gasteiger partial charge in [-0.3, -0.25) is 0 Å². The molecular weight excluding hydrogens is 307 g/mol. The van der Waals surface area contributed by atoms with Crippen LogP contribution in [0.25, 0.3) is 0 Å². The highest BCUT2D eigenvalue weighted by molar-refractivity contribution is 5.79. The zero-order chi connectivity index (χ0) is 17.5. The Morgan fingerprint density at radius 2 is 2.17 bits per heavy atom. The second-order valence-corrected chi connectivity index (χ2v) is 6.46. The summed E-state index contributed by atoms with van der Waals surface area (Å²) in [7, 11) is 5.71. The summed E-state index contributed by atoms with van der Waals surface area (Å²) in [4.78, 5) is 8.55. The average Bonchev–Trinajstić information content (AvgIpc) is 3.03. The number of anilines is 1. The van der Waals surface area contributed by atoms with E-state index >= 15 is 0 Å². The Morgan fingerprint density at radius 3 is 2.75 bits per heavy atom. The summed E-state index contributed by atoms with van der Waals surface area (Å²) < 4.78 is 19.5. The van der Waals surface area contributed by atoms with Gasteiger partial charge in [-0.1, -0.05) is 6.07 Å². The van der Waals surface area contributed by atoms with E-state index in [1.807, 2.05) is 34.1 Å². The SMILES string of the molecule is CCNC(=NCc1ccc(N(C)C)c(F)c1)N(C)CC1CCOC1. The molecule has 0 aliphatic carbocycles. The summed E-state index contributed by atoms with van der Waals surface area (Å²) in [6, 6.07) is 5.29. The molecule has 0 saturated carbocycles. The number of rotatable bonds is 6. The molecule has 1 saturated heterocycles. The molecular formula is C18H29FN4O. The van der Waals surface area contributed by atoms with E-state index in [4.69, 9.17) is 4.74 Å². The highest BCUT2D eigenvalue weighted by atomic mass is 19.1. The van der Waals surface area contributed by atoms with Gasteiger partial charge in [-0.2, -0.15) is 0 Å². The van der Waals surface area contributed by atoms with Crippen LogP contribution in [0, 0.1) is 11.7 Å². The van der Waals surface area contributed by atoms with E-state index < -0.39 is 0 Å². The van der Waals surface area contributed by atoms with Crippen molar-refractivity contribution in [2.45, 2.75) is 19.9 Å². The van der Waals surface area contributed by atoms with Gasteiger partial charge in [-0.15, -0.1) is 0 Å². The fraction of sp³-hybridized carbons (Fsp3) is 0.611. The molecule has 0 aromatic heterocycles. The van der Waals surface area contributed by atoms with Crippen LogP contribution in [-0.4, -0.2) is 58.3 Å². The highest BCUT2D eigenvalue weighted by Gasteiger charge is 2.19. The summed E-state index contributed by atoms with van der Waals surface area (Å²) in [5.41, 5.74) is 1.46. The van der Waals surface area contributed by atoms with Crippen LogP contribution in [0.1, 0.15) is 18.9 Å². The predicted octanol–water partition coefficient (Wildman–Crippen LogP) is 2.33. The number of aliphatic imine (C=N–C) groups is 1. The Morgan fingerprint density at radius 1 is 1.38 bits per heavy atom. The van der Waals surface area contributed by atoms with Gasteiger partial charge in [0.2, 0.25) is 0 Å². The molecule has 0 spiro atoms. The molecule has 0 amide bonds. The third-order valence-corrected chi connectivity index (χ3v) is 4.16. The summed E-state index contributed by atoms with van der Waals surface area (Å²) in [5, 5.41) is 3.30. The maximum Gasteiger partial charge on any atom is 0.193 e. The van der Waals surface area contributed by atoms with Gasteiger partial charge in [-0.25, -0.2) is 9.38 Å². The van der Waals surface area contributed by atoms with Crippen molar-refractivity contribution < 1.29 is 9.13 Å². The normalized spacial score (nSPS) is 17.9. The van der Waals surface area contributed by atoms with Crippen LogP contribution in [-0.2, 0) is 11.3 Å². The lowest BCUT2D eigenvalue weighted by atomic mass is 10.1. The summed E-state index contributed by atoms with van der Waals surface area (Å²) >= 11 is 0. The van der Waals surface area contributed by atoms with E-state index in [2.05, 4.69) is 15.2 Å². The van der Waals surface area contributed by atoms with Gasteiger partial charge in [-0.05, 0) is 31.0 Å². The van der Waals surface area contributed by atoms with Crippen molar-refractivity contribution in [3.63, 3.8) is 0 Å². The zero-order valence-corrected chi connectivity index (χ0v) is 15.2. The van der Waals surface area contributed by atoms with E-state index in [0.717, 1.165) is 44.2 Å². The molecule has 0 radical (unpaired) electrons. The Hall–Kier alpha value is -1.82. The molecule has 1 fully saturated rings. The largest absolute Gasteiger partial charge is 0.381 e. The van der Waals surface area contributed by atoms with Gasteiger partial charge < -0.3 is 19.9 Å². The predicted molar refractivity (Wildman–Crippen MR) is 97.1 cm³/mol. The molecule has 1 N–H and O–H groups in total. The lowest BCUT2D eigenvalue weighted by Gasteiger charge is -2.24. The van der Waals surface area contributed by atoms with Crippen LogP contribution in [0.3, 0.4) is 0 Å². The van der Waals surface area contributed by atoms with Gasteiger partial charge in [0.25, 0.3) is 0 Å². The van der Waals surface area contributed by atoms with Crippen molar-refractivity contribution in [1.29, 1.82) is 0 Å². The third-order valence-electron chi connectivity index (χ3n) is 4.16. The maximum absolute atomic E-state index is 14.1. The lowest BCUT2D eigenvalue weighted by Crippen LogP contribution is -2.41. The van der Waals surface area contributed by atoms with Crippen molar-refractivity contribution in [2.75, 3.05) is 52.3 Å². The topological polar surface area (TPSA) is 40.1 Å². The zero-order valence-electron chi connectivity index (χ0n) is 15.2. The first-order chi connectivity index (χ1) is 11.5. The number of nitrogens with one attached hydrogen (secondary N) is 1. The summed E-state index contributed by atoms with van der Waals surface area (Å²) in [5.74, 6) is 1.19. The van der Waals surface area contributed by atoms with Crippen LogP contribution in [0.2, 0.25) is 0 Å². The minimum Gasteiger partial charge on any atom is -0.381 e. The number of halogens is 1. The smallest absolute Gasteiger partial charge is 0.193 e. The molecule has 1 aliphatic heterocycles. The van der Waals surface area contributed by atoms with Crippen molar-refractivity contribution in [3.8, 4) is 0 Å². The molecule has 2 rings (SSSR count). The van der Waals surface area contributed by atoms with E-state index in [1.165, 1.54) is 0 Å². The molecule has 5 nitrogen and oxygen atoms in total. The van der Waals surface area contributed by atoms with Crippen molar-refractivity contribution in [2.24, 2.45) is 10.9 Å². The minimum absolute atomic E-state index is 0.214. The van der Waals surface area contributed by atoms with E-state index in [1.54, 1.807) is 17.0 Å². The molecule has 1 heterocycles. The monoisotopic (exact) mass is 336 g/mol. The Balaban J connectivity index is 2.02. The minimum atomic E-state index is -0.214. The molecule has 24 heavy (non-hydrogen) atoms. The molecule has 1 aliphatic rings. The second-order valence-electron chi connectivity index (χ2n) is 6.46. The number of guanidine groups is 1. The number of hydrogen-bond donors (Lipinski definition) is 1. The van der Waals surface area contributed by atoms with Gasteiger partial charge in [0.1, 0.15) is 5.82 Å². The maximum atomic E-state index is 14.1. The lowest BCUT2D eigenvalue weighted by molar-refractivity contribution is 0.181. The molecule has 134 valence electrons. The quantitative estimate of drug-likeness (QED) is 0.639. The molecule has 0 bridgehead atoms. The Bertz CT molecular complexity index is 556. The number of nitrogens with zero attached hydrogens (tertiary/aromatic N) is 3. The molecule has 1 aromatic rings. The van der Waals surface area contributed by atoms with E-state index in [0.29, 0.717) is 18.2 Å². The highest BCUT2D eigenvalue weighted by Crippen LogP contribution is 2.19. The third kappa shape index (κ3) is 5.09. The van der Waals surface area contributed by atoms with E-state index in [-0.39, 0.29) is 5.82 Å². The molecule has 1 aromatic carbocycles.